The second-order valence-corrected chi connectivity index (χ2v) is 3.91. The zero-order valence-corrected chi connectivity index (χ0v) is 8.29. The first kappa shape index (κ1) is 7.80. The van der Waals surface area contributed by atoms with Crippen LogP contribution < -0.4 is 0 Å². The van der Waals surface area contributed by atoms with Crippen molar-refractivity contribution in [1.82, 2.24) is 4.98 Å². The van der Waals surface area contributed by atoms with Crippen LogP contribution in [0.15, 0.2) is 22.1 Å². The number of rotatable bonds is 0. The molecule has 0 amide bonds. The summed E-state index contributed by atoms with van der Waals surface area (Å²) in [4.78, 5) is 4.37. The van der Waals surface area contributed by atoms with Crippen LogP contribution >= 0.6 is 0 Å². The van der Waals surface area contributed by atoms with E-state index < -0.39 is 0 Å². The molecule has 1 aliphatic carbocycles. The predicted octanol–water partition coefficient (Wildman–Crippen LogP) is 3.10. The van der Waals surface area contributed by atoms with E-state index in [-0.39, 0.29) is 0 Å². The predicted molar refractivity (Wildman–Crippen MR) is 56.1 cm³/mol. The zero-order chi connectivity index (χ0) is 9.71. The number of pyridine rings is 1. The number of aromatic nitrogens is 1. The van der Waals surface area contributed by atoms with Gasteiger partial charge < -0.3 is 4.42 Å². The highest BCUT2D eigenvalue weighted by molar-refractivity contribution is 5.88. The van der Waals surface area contributed by atoms with E-state index in [1.165, 1.54) is 11.1 Å². The molecule has 2 heteroatoms. The molecule has 2 aromatic heterocycles. The van der Waals surface area contributed by atoms with E-state index in [4.69, 9.17) is 4.42 Å². The van der Waals surface area contributed by atoms with Crippen molar-refractivity contribution < 1.29 is 4.42 Å². The van der Waals surface area contributed by atoms with Gasteiger partial charge in [-0.3, -0.25) is 0 Å². The molecule has 0 aliphatic heterocycles. The summed E-state index contributed by atoms with van der Waals surface area (Å²) in [6.45, 7) is 4.11. The number of fused-ring (bicyclic) bond motifs is 3. The molecule has 0 saturated carbocycles. The molecule has 2 aromatic rings. The quantitative estimate of drug-likeness (QED) is 0.630. The van der Waals surface area contributed by atoms with Crippen molar-refractivity contribution in [2.24, 2.45) is 0 Å². The Bertz CT molecular complexity index is 549. The van der Waals surface area contributed by atoms with Gasteiger partial charge in [0.25, 0.3) is 0 Å². The summed E-state index contributed by atoms with van der Waals surface area (Å²) in [5.41, 5.74) is 4.37. The van der Waals surface area contributed by atoms with Crippen molar-refractivity contribution in [3.8, 4) is 0 Å². The lowest BCUT2D eigenvalue weighted by Gasteiger charge is -1.92. The summed E-state index contributed by atoms with van der Waals surface area (Å²) in [7, 11) is 0. The molecule has 0 radical (unpaired) electrons. The fraction of sp³-hybridized carbons (Fsp3) is 0.250. The lowest BCUT2D eigenvalue weighted by Crippen LogP contribution is -1.79. The Labute approximate surface area is 82.3 Å². The van der Waals surface area contributed by atoms with Gasteiger partial charge in [0, 0.05) is 23.1 Å². The molecule has 0 unspecified atom stereocenters. The van der Waals surface area contributed by atoms with Crippen LogP contribution in [-0.4, -0.2) is 4.98 Å². The molecule has 0 fully saturated rings. The van der Waals surface area contributed by atoms with Gasteiger partial charge in [0.05, 0.1) is 0 Å². The van der Waals surface area contributed by atoms with E-state index in [0.717, 1.165) is 29.0 Å². The maximum absolute atomic E-state index is 5.70. The van der Waals surface area contributed by atoms with Crippen molar-refractivity contribution in [3.63, 3.8) is 0 Å². The van der Waals surface area contributed by atoms with Gasteiger partial charge >= 0.3 is 0 Å². The number of hydrogen-bond acceptors (Lipinski definition) is 2. The van der Waals surface area contributed by atoms with E-state index >= 15 is 0 Å². The highest BCUT2D eigenvalue weighted by Crippen LogP contribution is 2.33. The van der Waals surface area contributed by atoms with Gasteiger partial charge in [-0.15, -0.1) is 0 Å². The molecule has 3 rings (SSSR count). The average Bonchev–Trinajstić information content (AvgIpc) is 2.59. The first-order chi connectivity index (χ1) is 6.74. The van der Waals surface area contributed by atoms with Gasteiger partial charge in [-0.1, -0.05) is 11.6 Å². The third kappa shape index (κ3) is 0.939. The van der Waals surface area contributed by atoms with E-state index in [1.807, 2.05) is 13.0 Å². The summed E-state index contributed by atoms with van der Waals surface area (Å²) in [5.74, 6) is 1.07. The average molecular weight is 185 g/mol. The minimum Gasteiger partial charge on any atom is -0.442 e. The van der Waals surface area contributed by atoms with Crippen molar-refractivity contribution in [3.05, 3.63) is 34.7 Å². The topological polar surface area (TPSA) is 26.0 Å². The molecule has 0 spiro atoms. The second kappa shape index (κ2) is 2.47. The van der Waals surface area contributed by atoms with Gasteiger partial charge in [0.2, 0.25) is 5.71 Å². The third-order valence-corrected chi connectivity index (χ3v) is 2.64. The lowest BCUT2D eigenvalue weighted by molar-refractivity contribution is 0.553. The first-order valence-corrected chi connectivity index (χ1v) is 4.80. The highest BCUT2D eigenvalue weighted by Gasteiger charge is 2.18. The number of furan rings is 1. The van der Waals surface area contributed by atoms with Crippen LogP contribution in [0.25, 0.3) is 17.2 Å². The highest BCUT2D eigenvalue weighted by atomic mass is 16.3. The molecule has 0 aromatic carbocycles. The SMILES string of the molecule is CC1=Cc2c(oc3nc(C)ccc23)C1. The van der Waals surface area contributed by atoms with Crippen LogP contribution in [0.3, 0.4) is 0 Å². The smallest absolute Gasteiger partial charge is 0.227 e. The molecular weight excluding hydrogens is 174 g/mol. The maximum Gasteiger partial charge on any atom is 0.227 e. The van der Waals surface area contributed by atoms with E-state index in [9.17, 15) is 0 Å². The fourth-order valence-electron chi connectivity index (χ4n) is 1.98. The lowest BCUT2D eigenvalue weighted by atomic mass is 10.2. The van der Waals surface area contributed by atoms with Crippen molar-refractivity contribution in [2.75, 3.05) is 0 Å². The van der Waals surface area contributed by atoms with E-state index in [1.54, 1.807) is 0 Å². The molecule has 0 bridgehead atoms. The van der Waals surface area contributed by atoms with E-state index in [0.29, 0.717) is 0 Å². The number of hydrogen-bond donors (Lipinski definition) is 0. The Morgan fingerprint density at radius 2 is 2.14 bits per heavy atom. The normalized spacial score (nSPS) is 14.6. The van der Waals surface area contributed by atoms with Crippen LogP contribution in [-0.2, 0) is 6.42 Å². The molecule has 1 aliphatic rings. The van der Waals surface area contributed by atoms with Gasteiger partial charge in [-0.2, -0.15) is 0 Å². The van der Waals surface area contributed by atoms with Crippen molar-refractivity contribution in [1.29, 1.82) is 0 Å². The fourth-order valence-corrected chi connectivity index (χ4v) is 1.98. The molecular formula is C12H11NO. The monoisotopic (exact) mass is 185 g/mol. The molecule has 70 valence electrons. The van der Waals surface area contributed by atoms with Gasteiger partial charge in [-0.05, 0) is 26.0 Å². The minimum atomic E-state index is 0.777. The Balaban J connectivity index is 2.37. The molecule has 14 heavy (non-hydrogen) atoms. The van der Waals surface area contributed by atoms with Crippen molar-refractivity contribution in [2.45, 2.75) is 20.3 Å². The summed E-state index contributed by atoms with van der Waals surface area (Å²) in [6, 6.07) is 4.12. The molecule has 2 nitrogen and oxygen atoms in total. The summed E-state index contributed by atoms with van der Waals surface area (Å²) < 4.78 is 5.70. The number of allylic oxidation sites excluding steroid dienone is 1. The molecule has 2 heterocycles. The minimum absolute atomic E-state index is 0.777. The second-order valence-electron chi connectivity index (χ2n) is 3.91. The van der Waals surface area contributed by atoms with Crippen LogP contribution in [0.5, 0.6) is 0 Å². The van der Waals surface area contributed by atoms with Gasteiger partial charge in [0.15, 0.2) is 0 Å². The van der Waals surface area contributed by atoms with Crippen LogP contribution in [0.1, 0.15) is 23.9 Å². The third-order valence-electron chi connectivity index (χ3n) is 2.64. The Kier molecular flexibility index (Phi) is 1.38. The first-order valence-electron chi connectivity index (χ1n) is 4.80. The molecule has 0 saturated heterocycles. The standard InChI is InChI=1S/C12H11NO/c1-7-5-10-9-4-3-8(2)13-12(9)14-11(10)6-7/h3-5H,6H2,1-2H3. The summed E-state index contributed by atoms with van der Waals surface area (Å²) in [5, 5.41) is 1.14. The van der Waals surface area contributed by atoms with Crippen LogP contribution in [0.4, 0.5) is 0 Å². The van der Waals surface area contributed by atoms with Crippen LogP contribution in [0.2, 0.25) is 0 Å². The number of nitrogens with zero attached hydrogens (tertiary/aromatic N) is 1. The van der Waals surface area contributed by atoms with Crippen molar-refractivity contribution >= 4 is 17.2 Å². The summed E-state index contributed by atoms with van der Waals surface area (Å²) in [6.07, 6.45) is 3.13. The number of aryl methyl sites for hydroxylation is 1. The summed E-state index contributed by atoms with van der Waals surface area (Å²) >= 11 is 0. The van der Waals surface area contributed by atoms with Gasteiger partial charge in [0.1, 0.15) is 5.76 Å². The van der Waals surface area contributed by atoms with Gasteiger partial charge in [-0.25, -0.2) is 4.98 Å². The van der Waals surface area contributed by atoms with Crippen LogP contribution in [0, 0.1) is 6.92 Å². The molecule has 0 atom stereocenters. The Morgan fingerprint density at radius 1 is 1.29 bits per heavy atom. The maximum atomic E-state index is 5.70. The Morgan fingerprint density at radius 3 is 3.00 bits per heavy atom. The molecule has 0 N–H and O–H groups in total. The zero-order valence-electron chi connectivity index (χ0n) is 8.29. The van der Waals surface area contributed by atoms with E-state index in [2.05, 4.69) is 24.1 Å². The Hall–Kier alpha value is -1.57. The largest absolute Gasteiger partial charge is 0.442 e.